The Morgan fingerprint density at radius 1 is 1.24 bits per heavy atom. The lowest BCUT2D eigenvalue weighted by Gasteiger charge is -2.18. The van der Waals surface area contributed by atoms with Crippen molar-refractivity contribution in [3.63, 3.8) is 0 Å². The van der Waals surface area contributed by atoms with Gasteiger partial charge in [0.2, 0.25) is 11.8 Å². The van der Waals surface area contributed by atoms with Gasteiger partial charge in [-0.1, -0.05) is 0 Å². The van der Waals surface area contributed by atoms with Crippen LogP contribution in [0.5, 0.6) is 5.88 Å². The molecule has 0 amide bonds. The number of aliphatic hydroxyl groups excluding tert-OH is 1. The molecule has 1 heterocycles. The summed E-state index contributed by atoms with van der Waals surface area (Å²) in [6.45, 7) is 5.32. The molecule has 0 saturated carbocycles. The summed E-state index contributed by atoms with van der Waals surface area (Å²) in [4.78, 5) is 8.54. The van der Waals surface area contributed by atoms with Gasteiger partial charge in [0.05, 0.1) is 6.10 Å². The number of rotatable bonds is 5. The fourth-order valence-electron chi connectivity index (χ4n) is 1.58. The topological polar surface area (TPSA) is 93.3 Å². The molecular formula is C15H20N4O2. The molecule has 6 heteroatoms. The summed E-state index contributed by atoms with van der Waals surface area (Å²) in [5.74, 6) is 0.884. The molecule has 0 aliphatic rings. The highest BCUT2D eigenvalue weighted by Crippen LogP contribution is 2.20. The molecule has 0 aliphatic carbocycles. The van der Waals surface area contributed by atoms with Gasteiger partial charge in [0.15, 0.2) is 0 Å². The van der Waals surface area contributed by atoms with Crippen molar-refractivity contribution in [2.45, 2.75) is 33.0 Å². The van der Waals surface area contributed by atoms with E-state index in [-0.39, 0.29) is 6.10 Å². The lowest BCUT2D eigenvalue weighted by Crippen LogP contribution is -2.26. The predicted octanol–water partition coefficient (Wildman–Crippen LogP) is 2.26. The zero-order valence-electron chi connectivity index (χ0n) is 12.4. The molecule has 4 N–H and O–H groups in total. The highest BCUT2D eigenvalue weighted by molar-refractivity contribution is 5.57. The first-order chi connectivity index (χ1) is 9.95. The Balaban J connectivity index is 2.16. The first-order valence-electron chi connectivity index (χ1n) is 6.76. The molecule has 0 fully saturated rings. The van der Waals surface area contributed by atoms with E-state index in [4.69, 9.17) is 10.5 Å². The normalized spacial score (nSPS) is 13.5. The molecule has 1 aromatic heterocycles. The van der Waals surface area contributed by atoms with E-state index in [0.29, 0.717) is 17.5 Å². The van der Waals surface area contributed by atoms with Gasteiger partial charge in [-0.3, -0.25) is 0 Å². The monoisotopic (exact) mass is 288 g/mol. The second kappa shape index (κ2) is 6.41. The van der Waals surface area contributed by atoms with E-state index < -0.39 is 6.10 Å². The second-order valence-corrected chi connectivity index (χ2v) is 4.99. The molecule has 1 aromatic carbocycles. The van der Waals surface area contributed by atoms with E-state index in [1.165, 1.54) is 0 Å². The van der Waals surface area contributed by atoms with Crippen LogP contribution in [0.2, 0.25) is 0 Å². The molecule has 2 aromatic rings. The molecule has 0 spiro atoms. The van der Waals surface area contributed by atoms with Crippen LogP contribution in [0.4, 0.5) is 17.3 Å². The summed E-state index contributed by atoms with van der Waals surface area (Å²) in [5, 5.41) is 12.6. The zero-order valence-corrected chi connectivity index (χ0v) is 12.4. The first-order valence-corrected chi connectivity index (χ1v) is 6.76. The van der Waals surface area contributed by atoms with Crippen molar-refractivity contribution in [2.75, 3.05) is 11.1 Å². The Kier molecular flexibility index (Phi) is 4.59. The van der Waals surface area contributed by atoms with Gasteiger partial charge in [0, 0.05) is 23.1 Å². The summed E-state index contributed by atoms with van der Waals surface area (Å²) in [6.07, 6.45) is 0.757. The minimum atomic E-state index is -0.576. The van der Waals surface area contributed by atoms with Crippen LogP contribution < -0.4 is 15.8 Å². The van der Waals surface area contributed by atoms with E-state index in [1.807, 2.05) is 19.1 Å². The molecule has 2 atom stereocenters. The number of aryl methyl sites for hydroxylation is 1. The number of aromatic nitrogens is 2. The van der Waals surface area contributed by atoms with Crippen LogP contribution in [0.3, 0.4) is 0 Å². The highest BCUT2D eigenvalue weighted by Gasteiger charge is 2.14. The number of nitrogens with zero attached hydrogens (tertiary/aromatic N) is 2. The van der Waals surface area contributed by atoms with Gasteiger partial charge in [-0.15, -0.1) is 0 Å². The van der Waals surface area contributed by atoms with Crippen molar-refractivity contribution < 1.29 is 9.84 Å². The summed E-state index contributed by atoms with van der Waals surface area (Å²) in [7, 11) is 0. The lowest BCUT2D eigenvalue weighted by atomic mass is 10.2. The average molecular weight is 288 g/mol. The molecule has 0 unspecified atom stereocenters. The standard InChI is InChI=1S/C15H20N4O2/c1-9-8-17-15(18-13-6-4-12(16)5-7-13)19-14(9)21-11(3)10(2)20/h4-8,10-11,20H,16H2,1-3H3,(H,17,18,19)/t10-,11-/m1/s1. The van der Waals surface area contributed by atoms with Crippen LogP contribution in [0, 0.1) is 6.92 Å². The maximum Gasteiger partial charge on any atom is 0.230 e. The maximum atomic E-state index is 9.51. The van der Waals surface area contributed by atoms with Gasteiger partial charge in [0.1, 0.15) is 6.10 Å². The summed E-state index contributed by atoms with van der Waals surface area (Å²) in [5.41, 5.74) is 7.99. The fourth-order valence-corrected chi connectivity index (χ4v) is 1.58. The first kappa shape index (κ1) is 15.1. The van der Waals surface area contributed by atoms with Crippen LogP contribution in [0.1, 0.15) is 19.4 Å². The van der Waals surface area contributed by atoms with Crippen molar-refractivity contribution in [3.8, 4) is 5.88 Å². The third-order valence-electron chi connectivity index (χ3n) is 3.07. The minimum Gasteiger partial charge on any atom is -0.472 e. The fraction of sp³-hybridized carbons (Fsp3) is 0.333. The Labute approximate surface area is 124 Å². The minimum absolute atomic E-state index is 0.344. The van der Waals surface area contributed by atoms with Gasteiger partial charge in [-0.25, -0.2) is 4.98 Å². The maximum absolute atomic E-state index is 9.51. The molecule has 2 rings (SSSR count). The molecule has 0 aliphatic heterocycles. The summed E-state index contributed by atoms with van der Waals surface area (Å²) >= 11 is 0. The average Bonchev–Trinajstić information content (AvgIpc) is 2.45. The lowest BCUT2D eigenvalue weighted by molar-refractivity contribution is 0.0570. The van der Waals surface area contributed by atoms with Crippen molar-refractivity contribution in [1.29, 1.82) is 0 Å². The van der Waals surface area contributed by atoms with Crippen molar-refractivity contribution in [1.82, 2.24) is 9.97 Å². The Morgan fingerprint density at radius 3 is 2.52 bits per heavy atom. The van der Waals surface area contributed by atoms with E-state index in [2.05, 4.69) is 15.3 Å². The summed E-state index contributed by atoms with van der Waals surface area (Å²) < 4.78 is 5.64. The van der Waals surface area contributed by atoms with E-state index in [9.17, 15) is 5.11 Å². The Bertz CT molecular complexity index is 599. The molecule has 0 radical (unpaired) electrons. The quantitative estimate of drug-likeness (QED) is 0.731. The van der Waals surface area contributed by atoms with Crippen LogP contribution in [0.25, 0.3) is 0 Å². The van der Waals surface area contributed by atoms with Crippen molar-refractivity contribution >= 4 is 17.3 Å². The molecular weight excluding hydrogens is 268 g/mol. The summed E-state index contributed by atoms with van der Waals surface area (Å²) in [6, 6.07) is 7.28. The third-order valence-corrected chi connectivity index (χ3v) is 3.07. The Hall–Kier alpha value is -2.34. The number of aliphatic hydroxyl groups is 1. The highest BCUT2D eigenvalue weighted by atomic mass is 16.5. The van der Waals surface area contributed by atoms with Crippen molar-refractivity contribution in [3.05, 3.63) is 36.0 Å². The van der Waals surface area contributed by atoms with Gasteiger partial charge >= 0.3 is 0 Å². The van der Waals surface area contributed by atoms with Crippen LogP contribution in [-0.2, 0) is 0 Å². The predicted molar refractivity (Wildman–Crippen MR) is 82.7 cm³/mol. The van der Waals surface area contributed by atoms with E-state index >= 15 is 0 Å². The van der Waals surface area contributed by atoms with Gasteiger partial charge in [0.25, 0.3) is 0 Å². The molecule has 0 bridgehead atoms. The van der Waals surface area contributed by atoms with Crippen LogP contribution in [0.15, 0.2) is 30.5 Å². The Morgan fingerprint density at radius 2 is 1.90 bits per heavy atom. The number of hydrogen-bond acceptors (Lipinski definition) is 6. The zero-order chi connectivity index (χ0) is 15.4. The number of nitrogen functional groups attached to an aromatic ring is 1. The molecule has 0 saturated heterocycles. The van der Waals surface area contributed by atoms with Crippen molar-refractivity contribution in [2.24, 2.45) is 0 Å². The van der Waals surface area contributed by atoms with Gasteiger partial charge < -0.3 is 20.9 Å². The van der Waals surface area contributed by atoms with Crippen LogP contribution in [-0.4, -0.2) is 27.3 Å². The SMILES string of the molecule is Cc1cnc(Nc2ccc(N)cc2)nc1O[C@H](C)[C@@H](C)O. The number of hydrogen-bond donors (Lipinski definition) is 3. The number of benzene rings is 1. The number of ether oxygens (including phenoxy) is 1. The molecule has 6 nitrogen and oxygen atoms in total. The largest absolute Gasteiger partial charge is 0.472 e. The second-order valence-electron chi connectivity index (χ2n) is 4.99. The van der Waals surface area contributed by atoms with Crippen LogP contribution >= 0.6 is 0 Å². The van der Waals surface area contributed by atoms with E-state index in [0.717, 1.165) is 11.3 Å². The number of nitrogens with two attached hydrogens (primary N) is 1. The van der Waals surface area contributed by atoms with Gasteiger partial charge in [-0.05, 0) is 45.0 Å². The number of anilines is 3. The molecule has 112 valence electrons. The van der Waals surface area contributed by atoms with E-state index in [1.54, 1.807) is 32.2 Å². The van der Waals surface area contributed by atoms with Gasteiger partial charge in [-0.2, -0.15) is 4.98 Å². The molecule has 21 heavy (non-hydrogen) atoms. The smallest absolute Gasteiger partial charge is 0.230 e. The number of nitrogens with one attached hydrogen (secondary N) is 1. The third kappa shape index (κ3) is 4.06.